The molecule has 0 saturated carbocycles. The number of hydrogen-bond donors (Lipinski definition) is 0. The predicted octanol–water partition coefficient (Wildman–Crippen LogP) is 2.52. The fraction of sp³-hybridized carbons (Fsp3) is 0. The first-order valence-corrected chi connectivity index (χ1v) is 6.10. The van der Waals surface area contributed by atoms with E-state index in [1.807, 2.05) is 4.57 Å². The lowest BCUT2D eigenvalue weighted by atomic mass is 10.5. The summed E-state index contributed by atoms with van der Waals surface area (Å²) in [6.45, 7) is 0. The van der Waals surface area contributed by atoms with Gasteiger partial charge in [-0.05, 0) is 57.3 Å². The molecule has 0 saturated heterocycles. The minimum absolute atomic E-state index is 0.388. The Balaban J connectivity index is 2.49. The van der Waals surface area contributed by atoms with Crippen molar-refractivity contribution in [2.75, 3.05) is 0 Å². The van der Waals surface area contributed by atoms with E-state index >= 15 is 0 Å². The average molecular weight is 432 g/mol. The standard InChI is InChI=1S/C7H3ClI2N4/c8-4-1-2-5(13-12-4)14-3-11-6(9)7(14)10/h1-3H. The minimum atomic E-state index is 0.388. The van der Waals surface area contributed by atoms with Crippen molar-refractivity contribution in [1.29, 1.82) is 0 Å². The highest BCUT2D eigenvalue weighted by Crippen LogP contribution is 2.17. The smallest absolute Gasteiger partial charge is 0.161 e. The summed E-state index contributed by atoms with van der Waals surface area (Å²) in [5.41, 5.74) is 0. The van der Waals surface area contributed by atoms with Crippen molar-refractivity contribution in [1.82, 2.24) is 19.7 Å². The quantitative estimate of drug-likeness (QED) is 0.651. The highest BCUT2D eigenvalue weighted by atomic mass is 127. The zero-order valence-corrected chi connectivity index (χ0v) is 11.7. The molecular weight excluding hydrogens is 429 g/mol. The van der Waals surface area contributed by atoms with Gasteiger partial charge in [-0.15, -0.1) is 10.2 Å². The molecule has 0 aliphatic rings. The van der Waals surface area contributed by atoms with Crippen molar-refractivity contribution in [2.45, 2.75) is 0 Å². The number of aromatic nitrogens is 4. The Labute approximate surface area is 112 Å². The number of imidazole rings is 1. The van der Waals surface area contributed by atoms with Crippen molar-refractivity contribution in [3.63, 3.8) is 0 Å². The van der Waals surface area contributed by atoms with Crippen molar-refractivity contribution in [3.8, 4) is 5.82 Å². The third kappa shape index (κ3) is 2.01. The molecule has 2 heterocycles. The molecule has 4 nitrogen and oxygen atoms in total. The maximum absolute atomic E-state index is 5.64. The normalized spacial score (nSPS) is 10.5. The first-order valence-electron chi connectivity index (χ1n) is 3.56. The van der Waals surface area contributed by atoms with E-state index < -0.39 is 0 Å². The van der Waals surface area contributed by atoms with Gasteiger partial charge >= 0.3 is 0 Å². The van der Waals surface area contributed by atoms with Gasteiger partial charge in [-0.3, -0.25) is 4.57 Å². The maximum Gasteiger partial charge on any atom is 0.161 e. The van der Waals surface area contributed by atoms with Crippen LogP contribution < -0.4 is 0 Å². The average Bonchev–Trinajstić information content (AvgIpc) is 2.50. The maximum atomic E-state index is 5.64. The van der Waals surface area contributed by atoms with Gasteiger partial charge in [0.1, 0.15) is 13.7 Å². The monoisotopic (exact) mass is 432 g/mol. The van der Waals surface area contributed by atoms with E-state index in [0.29, 0.717) is 11.0 Å². The molecule has 0 aliphatic carbocycles. The summed E-state index contributed by atoms with van der Waals surface area (Å²) in [7, 11) is 0. The third-order valence-electron chi connectivity index (χ3n) is 1.53. The van der Waals surface area contributed by atoms with Gasteiger partial charge in [0.15, 0.2) is 11.0 Å². The Morgan fingerprint density at radius 2 is 2.00 bits per heavy atom. The molecule has 14 heavy (non-hydrogen) atoms. The summed E-state index contributed by atoms with van der Waals surface area (Å²) in [6, 6.07) is 3.50. The molecule has 0 atom stereocenters. The number of rotatable bonds is 1. The van der Waals surface area contributed by atoms with Gasteiger partial charge < -0.3 is 0 Å². The minimum Gasteiger partial charge on any atom is -0.275 e. The van der Waals surface area contributed by atoms with Crippen LogP contribution in [0, 0.1) is 7.40 Å². The van der Waals surface area contributed by atoms with E-state index in [2.05, 4.69) is 60.4 Å². The van der Waals surface area contributed by atoms with Gasteiger partial charge in [0, 0.05) is 0 Å². The van der Waals surface area contributed by atoms with Crippen LogP contribution in [0.4, 0.5) is 0 Å². The van der Waals surface area contributed by atoms with Crippen molar-refractivity contribution < 1.29 is 0 Å². The second-order valence-corrected chi connectivity index (χ2v) is 4.84. The Hall–Kier alpha value is 0.0400. The summed E-state index contributed by atoms with van der Waals surface area (Å²) in [5, 5.41) is 8.11. The summed E-state index contributed by atoms with van der Waals surface area (Å²) >= 11 is 10.0. The molecule has 0 aromatic carbocycles. The Kier molecular flexibility index (Phi) is 3.22. The summed E-state index contributed by atoms with van der Waals surface area (Å²) in [4.78, 5) is 4.16. The van der Waals surface area contributed by atoms with Crippen molar-refractivity contribution in [2.24, 2.45) is 0 Å². The molecule has 0 aliphatic heterocycles. The second kappa shape index (κ2) is 4.27. The van der Waals surface area contributed by atoms with E-state index in [9.17, 15) is 0 Å². The lowest BCUT2D eigenvalue weighted by molar-refractivity contribution is 0.898. The number of halogens is 3. The molecule has 0 unspecified atom stereocenters. The molecule has 2 rings (SSSR count). The summed E-state index contributed by atoms with van der Waals surface area (Å²) < 4.78 is 3.81. The predicted molar refractivity (Wildman–Crippen MR) is 69.6 cm³/mol. The Morgan fingerprint density at radius 3 is 2.50 bits per heavy atom. The molecule has 7 heteroatoms. The fourth-order valence-electron chi connectivity index (χ4n) is 0.909. The van der Waals surface area contributed by atoms with E-state index in [1.165, 1.54) is 0 Å². The van der Waals surface area contributed by atoms with Crippen LogP contribution >= 0.6 is 56.8 Å². The molecule has 0 bridgehead atoms. The van der Waals surface area contributed by atoms with Gasteiger partial charge in [0.05, 0.1) is 0 Å². The second-order valence-electron chi connectivity index (χ2n) is 2.41. The van der Waals surface area contributed by atoms with Crippen LogP contribution in [0.3, 0.4) is 0 Å². The number of hydrogen-bond acceptors (Lipinski definition) is 3. The Morgan fingerprint density at radius 1 is 1.21 bits per heavy atom. The van der Waals surface area contributed by atoms with Crippen LogP contribution in [0.15, 0.2) is 18.5 Å². The molecular formula is C7H3ClI2N4. The molecule has 2 aromatic heterocycles. The van der Waals surface area contributed by atoms with Crippen molar-refractivity contribution in [3.05, 3.63) is 31.0 Å². The lowest BCUT2D eigenvalue weighted by Gasteiger charge is -2.00. The summed E-state index contributed by atoms with van der Waals surface area (Å²) in [6.07, 6.45) is 1.71. The molecule has 72 valence electrons. The van der Waals surface area contributed by atoms with E-state index in [1.54, 1.807) is 18.5 Å². The van der Waals surface area contributed by atoms with Crippen LogP contribution in [-0.4, -0.2) is 19.7 Å². The molecule has 2 aromatic rings. The SMILES string of the molecule is Clc1ccc(-n2cnc(I)c2I)nn1. The first-order chi connectivity index (χ1) is 6.68. The highest BCUT2D eigenvalue weighted by molar-refractivity contribution is 14.1. The Bertz CT molecular complexity index is 453. The summed E-state index contributed by atoms with van der Waals surface area (Å²) in [5.74, 6) is 0.717. The van der Waals surface area contributed by atoms with Crippen LogP contribution in [0.1, 0.15) is 0 Å². The highest BCUT2D eigenvalue weighted by Gasteiger charge is 2.07. The third-order valence-corrected chi connectivity index (χ3v) is 4.59. The van der Waals surface area contributed by atoms with Crippen LogP contribution in [-0.2, 0) is 0 Å². The van der Waals surface area contributed by atoms with Gasteiger partial charge in [-0.25, -0.2) is 4.98 Å². The number of nitrogens with zero attached hydrogens (tertiary/aromatic N) is 4. The molecule has 0 spiro atoms. The largest absolute Gasteiger partial charge is 0.275 e. The molecule has 0 amide bonds. The fourth-order valence-corrected chi connectivity index (χ4v) is 1.91. The van der Waals surface area contributed by atoms with Crippen LogP contribution in [0.25, 0.3) is 5.82 Å². The van der Waals surface area contributed by atoms with Crippen LogP contribution in [0.2, 0.25) is 5.15 Å². The van der Waals surface area contributed by atoms with Crippen LogP contribution in [0.5, 0.6) is 0 Å². The zero-order chi connectivity index (χ0) is 10.1. The van der Waals surface area contributed by atoms with E-state index in [4.69, 9.17) is 11.6 Å². The van der Waals surface area contributed by atoms with E-state index in [0.717, 1.165) is 7.40 Å². The molecule has 0 N–H and O–H groups in total. The van der Waals surface area contributed by atoms with Crippen molar-refractivity contribution >= 4 is 56.8 Å². The zero-order valence-electron chi connectivity index (χ0n) is 6.65. The van der Waals surface area contributed by atoms with Gasteiger partial charge in [0.25, 0.3) is 0 Å². The van der Waals surface area contributed by atoms with Gasteiger partial charge in [-0.1, -0.05) is 11.6 Å². The lowest BCUT2D eigenvalue weighted by Crippen LogP contribution is -1.99. The molecule has 0 fully saturated rings. The van der Waals surface area contributed by atoms with Gasteiger partial charge in [-0.2, -0.15) is 0 Å². The first kappa shape index (κ1) is 10.6. The molecule has 0 radical (unpaired) electrons. The topological polar surface area (TPSA) is 43.6 Å². The van der Waals surface area contributed by atoms with Gasteiger partial charge in [0.2, 0.25) is 0 Å². The van der Waals surface area contributed by atoms with E-state index in [-0.39, 0.29) is 0 Å².